The number of esters is 1. The number of piperazine rings is 1. The summed E-state index contributed by atoms with van der Waals surface area (Å²) in [5.41, 5.74) is 1.80. The molecule has 3 rings (SSSR count). The summed E-state index contributed by atoms with van der Waals surface area (Å²) < 4.78 is 5.51. The fourth-order valence-electron chi connectivity index (χ4n) is 3.59. The van der Waals surface area contributed by atoms with Crippen LogP contribution < -0.4 is 10.2 Å². The fraction of sp³-hybridized carbons (Fsp3) is 0.545. The number of carbonyl (C=O) groups is 1. The van der Waals surface area contributed by atoms with Crippen LogP contribution in [-0.4, -0.2) is 48.2 Å². The summed E-state index contributed by atoms with van der Waals surface area (Å²) in [6.45, 7) is 8.86. The zero-order chi connectivity index (χ0) is 20.8. The Kier molecular flexibility index (Phi) is 6.99. The van der Waals surface area contributed by atoms with E-state index >= 15 is 0 Å². The van der Waals surface area contributed by atoms with Crippen LogP contribution in [0.5, 0.6) is 0 Å². The smallest absolute Gasteiger partial charge is 0.329 e. The van der Waals surface area contributed by atoms with Gasteiger partial charge in [-0.1, -0.05) is 38.8 Å². The summed E-state index contributed by atoms with van der Waals surface area (Å²) in [7, 11) is 0. The SMILES string of the molecule is CCC(CC)COC(=O)C(C#N)c1nc2ccccc2nc1N1CCN[C@@H](C)C1. The molecule has 1 aliphatic heterocycles. The predicted octanol–water partition coefficient (Wildman–Crippen LogP) is 3.01. The Bertz CT molecular complexity index is 890. The summed E-state index contributed by atoms with van der Waals surface area (Å²) in [5.74, 6) is -0.743. The van der Waals surface area contributed by atoms with Gasteiger partial charge < -0.3 is 15.0 Å². The average molecular weight is 396 g/mol. The van der Waals surface area contributed by atoms with E-state index in [1.165, 1.54) is 0 Å². The topological polar surface area (TPSA) is 91.1 Å². The van der Waals surface area contributed by atoms with Crippen molar-refractivity contribution in [2.75, 3.05) is 31.1 Å². The van der Waals surface area contributed by atoms with Crippen molar-refractivity contribution < 1.29 is 9.53 Å². The van der Waals surface area contributed by atoms with Gasteiger partial charge in [0, 0.05) is 25.7 Å². The molecule has 0 aliphatic carbocycles. The Morgan fingerprint density at radius 1 is 1.31 bits per heavy atom. The van der Waals surface area contributed by atoms with E-state index < -0.39 is 11.9 Å². The number of rotatable bonds is 7. The molecule has 0 radical (unpaired) electrons. The van der Waals surface area contributed by atoms with Gasteiger partial charge in [0.25, 0.3) is 0 Å². The number of para-hydroxylation sites is 2. The van der Waals surface area contributed by atoms with Gasteiger partial charge in [-0.15, -0.1) is 0 Å². The average Bonchev–Trinajstić information content (AvgIpc) is 2.74. The summed E-state index contributed by atoms with van der Waals surface area (Å²) in [6.07, 6.45) is 1.86. The minimum Gasteiger partial charge on any atom is -0.464 e. The first-order valence-electron chi connectivity index (χ1n) is 10.4. The van der Waals surface area contributed by atoms with Crippen molar-refractivity contribution in [3.63, 3.8) is 0 Å². The largest absolute Gasteiger partial charge is 0.464 e. The highest BCUT2D eigenvalue weighted by Gasteiger charge is 2.31. The maximum absolute atomic E-state index is 12.8. The highest BCUT2D eigenvalue weighted by molar-refractivity contribution is 5.85. The molecule has 2 aromatic rings. The van der Waals surface area contributed by atoms with Gasteiger partial charge in [0.15, 0.2) is 11.7 Å². The van der Waals surface area contributed by atoms with E-state index in [1.807, 2.05) is 24.3 Å². The zero-order valence-corrected chi connectivity index (χ0v) is 17.4. The molecule has 0 bridgehead atoms. The monoisotopic (exact) mass is 395 g/mol. The van der Waals surface area contributed by atoms with Gasteiger partial charge >= 0.3 is 5.97 Å². The van der Waals surface area contributed by atoms with E-state index in [-0.39, 0.29) is 6.04 Å². The van der Waals surface area contributed by atoms with Crippen LogP contribution in [0.1, 0.15) is 45.2 Å². The van der Waals surface area contributed by atoms with Crippen LogP contribution in [-0.2, 0) is 9.53 Å². The van der Waals surface area contributed by atoms with Crippen LogP contribution >= 0.6 is 0 Å². The molecular formula is C22H29N5O2. The fourth-order valence-corrected chi connectivity index (χ4v) is 3.59. The van der Waals surface area contributed by atoms with E-state index in [0.29, 0.717) is 29.6 Å². The third kappa shape index (κ3) is 4.83. The maximum atomic E-state index is 12.8. The number of hydrogen-bond acceptors (Lipinski definition) is 7. The molecule has 1 fully saturated rings. The third-order valence-corrected chi connectivity index (χ3v) is 5.50. The van der Waals surface area contributed by atoms with Crippen LogP contribution in [0, 0.1) is 17.2 Å². The van der Waals surface area contributed by atoms with Crippen LogP contribution in [0.2, 0.25) is 0 Å². The van der Waals surface area contributed by atoms with Crippen LogP contribution in [0.3, 0.4) is 0 Å². The molecule has 0 amide bonds. The first kappa shape index (κ1) is 21.0. The van der Waals surface area contributed by atoms with Crippen molar-refractivity contribution in [3.8, 4) is 6.07 Å². The third-order valence-electron chi connectivity index (χ3n) is 5.50. The van der Waals surface area contributed by atoms with Crippen molar-refractivity contribution in [2.24, 2.45) is 5.92 Å². The van der Waals surface area contributed by atoms with Crippen molar-refractivity contribution in [2.45, 2.75) is 45.6 Å². The van der Waals surface area contributed by atoms with Crippen molar-refractivity contribution in [3.05, 3.63) is 30.0 Å². The molecule has 1 unspecified atom stereocenters. The molecule has 7 heteroatoms. The van der Waals surface area contributed by atoms with Gasteiger partial charge in [0.2, 0.25) is 0 Å². The zero-order valence-electron chi connectivity index (χ0n) is 17.4. The van der Waals surface area contributed by atoms with E-state index in [9.17, 15) is 10.1 Å². The first-order valence-corrected chi connectivity index (χ1v) is 10.4. The summed E-state index contributed by atoms with van der Waals surface area (Å²) in [5, 5.41) is 13.2. The van der Waals surface area contributed by atoms with Gasteiger partial charge in [0.1, 0.15) is 5.69 Å². The Labute approximate surface area is 172 Å². The molecule has 7 nitrogen and oxygen atoms in total. The molecule has 1 saturated heterocycles. The molecule has 1 aliphatic rings. The Hall–Kier alpha value is -2.72. The lowest BCUT2D eigenvalue weighted by Gasteiger charge is -2.34. The lowest BCUT2D eigenvalue weighted by molar-refractivity contribution is -0.145. The van der Waals surface area contributed by atoms with Gasteiger partial charge in [0.05, 0.1) is 23.7 Å². The first-order chi connectivity index (χ1) is 14.1. The second kappa shape index (κ2) is 9.66. The van der Waals surface area contributed by atoms with Crippen molar-refractivity contribution in [1.29, 1.82) is 5.26 Å². The van der Waals surface area contributed by atoms with Crippen LogP contribution in [0.25, 0.3) is 11.0 Å². The van der Waals surface area contributed by atoms with Gasteiger partial charge in [-0.2, -0.15) is 5.26 Å². The number of aromatic nitrogens is 2. The minimum atomic E-state index is -1.10. The van der Waals surface area contributed by atoms with Gasteiger partial charge in [-0.3, -0.25) is 4.79 Å². The second-order valence-electron chi connectivity index (χ2n) is 7.60. The normalized spacial score (nSPS) is 17.9. The van der Waals surface area contributed by atoms with Gasteiger partial charge in [-0.05, 0) is 25.0 Å². The lowest BCUT2D eigenvalue weighted by atomic mass is 10.0. The molecule has 0 spiro atoms. The van der Waals surface area contributed by atoms with Crippen LogP contribution in [0.4, 0.5) is 5.82 Å². The Morgan fingerprint density at radius 3 is 2.62 bits per heavy atom. The van der Waals surface area contributed by atoms with E-state index in [4.69, 9.17) is 9.72 Å². The summed E-state index contributed by atoms with van der Waals surface area (Å²) in [4.78, 5) is 24.4. The number of ether oxygens (including phenoxy) is 1. The lowest BCUT2D eigenvalue weighted by Crippen LogP contribution is -2.50. The summed E-state index contributed by atoms with van der Waals surface area (Å²) >= 11 is 0. The standard InChI is InChI=1S/C22H29N5O2/c1-4-16(5-2)14-29-22(28)17(12-23)20-21(27-11-10-24-15(3)13-27)26-19-9-7-6-8-18(19)25-20/h6-9,15-17,24H,4-5,10-11,13-14H2,1-3H3/t15-,17?/m0/s1. The van der Waals surface area contributed by atoms with Crippen molar-refractivity contribution in [1.82, 2.24) is 15.3 Å². The quantitative estimate of drug-likeness (QED) is 0.721. The van der Waals surface area contributed by atoms with E-state index in [2.05, 4.69) is 42.0 Å². The van der Waals surface area contributed by atoms with Crippen molar-refractivity contribution >= 4 is 22.8 Å². The number of benzene rings is 1. The number of anilines is 1. The molecule has 154 valence electrons. The number of nitriles is 1. The molecular weight excluding hydrogens is 366 g/mol. The number of fused-ring (bicyclic) bond motifs is 1. The molecule has 1 aromatic heterocycles. The second-order valence-corrected chi connectivity index (χ2v) is 7.60. The Balaban J connectivity index is 1.97. The highest BCUT2D eigenvalue weighted by Crippen LogP contribution is 2.29. The van der Waals surface area contributed by atoms with Gasteiger partial charge in [-0.25, -0.2) is 9.97 Å². The minimum absolute atomic E-state index is 0.284. The predicted molar refractivity (Wildman–Crippen MR) is 113 cm³/mol. The molecule has 2 heterocycles. The molecule has 1 N–H and O–H groups in total. The number of hydrogen-bond donors (Lipinski definition) is 1. The van der Waals surface area contributed by atoms with E-state index in [1.54, 1.807) is 0 Å². The number of carbonyl (C=O) groups excluding carboxylic acids is 1. The van der Waals surface area contributed by atoms with E-state index in [0.717, 1.165) is 38.0 Å². The highest BCUT2D eigenvalue weighted by atomic mass is 16.5. The molecule has 29 heavy (non-hydrogen) atoms. The molecule has 1 aromatic carbocycles. The molecule has 2 atom stereocenters. The number of nitrogens with one attached hydrogen (secondary N) is 1. The Morgan fingerprint density at radius 2 is 2.00 bits per heavy atom. The van der Waals surface area contributed by atoms with Crippen LogP contribution in [0.15, 0.2) is 24.3 Å². The number of nitrogens with zero attached hydrogens (tertiary/aromatic N) is 4. The summed E-state index contributed by atoms with van der Waals surface area (Å²) in [6, 6.07) is 9.93. The molecule has 0 saturated carbocycles. The maximum Gasteiger partial charge on any atom is 0.329 e.